The molecule has 1 aliphatic rings. The first-order valence-corrected chi connectivity index (χ1v) is 8.98. The van der Waals surface area contributed by atoms with Crippen molar-refractivity contribution < 1.29 is 17.9 Å². The topological polar surface area (TPSA) is 64.6 Å². The van der Waals surface area contributed by atoms with Gasteiger partial charge in [0.05, 0.1) is 4.90 Å². The Balaban J connectivity index is 2.31. The minimum absolute atomic E-state index is 0.156. The summed E-state index contributed by atoms with van der Waals surface area (Å²) in [6.45, 7) is 4.72. The fraction of sp³-hybridized carbons (Fsp3) is 0.571. The average Bonchev–Trinajstić information content (AvgIpc) is 2.52. The first kappa shape index (κ1) is 16.4. The molecule has 1 N–H and O–H groups in total. The molecular formula is C14H20ClNO4S. The highest BCUT2D eigenvalue weighted by atomic mass is 35.5. The van der Waals surface area contributed by atoms with Gasteiger partial charge in [-0.15, -0.1) is 11.6 Å². The van der Waals surface area contributed by atoms with Gasteiger partial charge in [0.2, 0.25) is 10.0 Å². The van der Waals surface area contributed by atoms with Crippen LogP contribution in [0.5, 0.6) is 11.5 Å². The fourth-order valence-corrected chi connectivity index (χ4v) is 4.23. The van der Waals surface area contributed by atoms with Crippen molar-refractivity contribution in [2.45, 2.75) is 37.1 Å². The van der Waals surface area contributed by atoms with Gasteiger partial charge in [0.15, 0.2) is 11.5 Å². The van der Waals surface area contributed by atoms with Crippen LogP contribution in [0.25, 0.3) is 0 Å². The smallest absolute Gasteiger partial charge is 0.241 e. The molecule has 0 saturated carbocycles. The second kappa shape index (κ2) is 6.42. The Kier molecular flexibility index (Phi) is 5.01. The van der Waals surface area contributed by atoms with Gasteiger partial charge in [0.1, 0.15) is 13.2 Å². The molecule has 0 fully saturated rings. The minimum Gasteiger partial charge on any atom is -0.486 e. The van der Waals surface area contributed by atoms with E-state index in [0.717, 1.165) is 0 Å². The van der Waals surface area contributed by atoms with Gasteiger partial charge in [-0.05, 0) is 25.0 Å². The number of hydrogen-bond donors (Lipinski definition) is 1. The van der Waals surface area contributed by atoms with Gasteiger partial charge in [-0.1, -0.05) is 13.8 Å². The molecule has 0 radical (unpaired) electrons. The summed E-state index contributed by atoms with van der Waals surface area (Å²) in [7, 11) is -3.66. The van der Waals surface area contributed by atoms with Crippen LogP contribution < -0.4 is 14.2 Å². The van der Waals surface area contributed by atoms with Crippen LogP contribution in [0, 0.1) is 0 Å². The predicted molar refractivity (Wildman–Crippen MR) is 81.8 cm³/mol. The van der Waals surface area contributed by atoms with Crippen molar-refractivity contribution >= 4 is 21.6 Å². The lowest BCUT2D eigenvalue weighted by Crippen LogP contribution is -2.49. The number of hydrogen-bond acceptors (Lipinski definition) is 4. The lowest BCUT2D eigenvalue weighted by Gasteiger charge is -2.30. The number of ether oxygens (including phenoxy) is 2. The number of halogens is 1. The van der Waals surface area contributed by atoms with Crippen LogP contribution in [0.15, 0.2) is 23.1 Å². The molecule has 118 valence electrons. The van der Waals surface area contributed by atoms with E-state index < -0.39 is 15.6 Å². The van der Waals surface area contributed by atoms with Gasteiger partial charge in [0.25, 0.3) is 0 Å². The Morgan fingerprint density at radius 3 is 2.38 bits per heavy atom. The summed E-state index contributed by atoms with van der Waals surface area (Å²) in [4.78, 5) is 0.156. The Bertz CT molecular complexity index is 591. The molecule has 0 spiro atoms. The molecule has 0 saturated heterocycles. The van der Waals surface area contributed by atoms with Crippen molar-refractivity contribution in [3.05, 3.63) is 18.2 Å². The van der Waals surface area contributed by atoms with E-state index in [1.54, 1.807) is 6.07 Å². The summed E-state index contributed by atoms with van der Waals surface area (Å²) in [5, 5.41) is 0. The maximum Gasteiger partial charge on any atom is 0.241 e. The summed E-state index contributed by atoms with van der Waals surface area (Å²) in [5.41, 5.74) is -0.631. The molecule has 2 rings (SSSR count). The molecule has 0 bridgehead atoms. The quantitative estimate of drug-likeness (QED) is 0.812. The summed E-state index contributed by atoms with van der Waals surface area (Å²) in [6.07, 6.45) is 1.24. The molecule has 1 aromatic carbocycles. The zero-order chi connectivity index (χ0) is 15.5. The van der Waals surface area contributed by atoms with E-state index in [4.69, 9.17) is 21.1 Å². The Labute approximate surface area is 130 Å². The van der Waals surface area contributed by atoms with Gasteiger partial charge in [-0.25, -0.2) is 13.1 Å². The van der Waals surface area contributed by atoms with E-state index >= 15 is 0 Å². The number of benzene rings is 1. The molecule has 0 amide bonds. The standard InChI is InChI=1S/C14H20ClNO4S/c1-3-14(4-2,10-15)16-21(17,18)11-5-6-12-13(9-11)20-8-7-19-12/h5-6,9,16H,3-4,7-8,10H2,1-2H3. The minimum atomic E-state index is -3.66. The van der Waals surface area contributed by atoms with E-state index in [0.29, 0.717) is 37.6 Å². The van der Waals surface area contributed by atoms with E-state index in [2.05, 4.69) is 4.72 Å². The molecular weight excluding hydrogens is 314 g/mol. The first-order chi connectivity index (χ1) is 9.96. The van der Waals surface area contributed by atoms with Crippen LogP contribution in [0.3, 0.4) is 0 Å². The third-order valence-electron chi connectivity index (χ3n) is 3.78. The van der Waals surface area contributed by atoms with Gasteiger partial charge in [-0.2, -0.15) is 0 Å². The molecule has 0 aromatic heterocycles. The summed E-state index contributed by atoms with van der Waals surface area (Å²) in [5.74, 6) is 1.24. The average molecular weight is 334 g/mol. The summed E-state index contributed by atoms with van der Waals surface area (Å²) >= 11 is 5.96. The summed E-state index contributed by atoms with van der Waals surface area (Å²) < 4.78 is 38.6. The molecule has 1 heterocycles. The third-order valence-corrected chi connectivity index (χ3v) is 5.87. The molecule has 21 heavy (non-hydrogen) atoms. The highest BCUT2D eigenvalue weighted by Gasteiger charge is 2.32. The number of nitrogens with one attached hydrogen (secondary N) is 1. The van der Waals surface area contributed by atoms with Crippen LogP contribution in [0.1, 0.15) is 26.7 Å². The van der Waals surface area contributed by atoms with Gasteiger partial charge >= 0.3 is 0 Å². The maximum absolute atomic E-state index is 12.5. The van der Waals surface area contributed by atoms with Crippen molar-refractivity contribution in [2.24, 2.45) is 0 Å². The van der Waals surface area contributed by atoms with Gasteiger partial charge in [-0.3, -0.25) is 0 Å². The first-order valence-electron chi connectivity index (χ1n) is 6.96. The molecule has 0 atom stereocenters. The Hall–Kier alpha value is -0.980. The van der Waals surface area contributed by atoms with Crippen LogP contribution >= 0.6 is 11.6 Å². The number of alkyl halides is 1. The van der Waals surface area contributed by atoms with E-state index in [9.17, 15) is 8.42 Å². The molecule has 7 heteroatoms. The lowest BCUT2D eigenvalue weighted by atomic mass is 9.97. The molecule has 0 unspecified atom stereocenters. The van der Waals surface area contributed by atoms with Crippen LogP contribution in [0.4, 0.5) is 0 Å². The molecule has 1 aliphatic heterocycles. The number of rotatable bonds is 6. The SMILES string of the molecule is CCC(CC)(CCl)NS(=O)(=O)c1ccc2c(c1)OCCO2. The predicted octanol–water partition coefficient (Wildman–Crippen LogP) is 2.53. The number of sulfonamides is 1. The van der Waals surface area contributed by atoms with Gasteiger partial charge in [0, 0.05) is 17.5 Å². The lowest BCUT2D eigenvalue weighted by molar-refractivity contribution is 0.171. The zero-order valence-corrected chi connectivity index (χ0v) is 13.8. The van der Waals surface area contributed by atoms with Crippen LogP contribution in [0.2, 0.25) is 0 Å². The zero-order valence-electron chi connectivity index (χ0n) is 12.2. The van der Waals surface area contributed by atoms with E-state index in [-0.39, 0.29) is 10.8 Å². The van der Waals surface area contributed by atoms with Gasteiger partial charge < -0.3 is 9.47 Å². The van der Waals surface area contributed by atoms with Crippen LogP contribution in [-0.4, -0.2) is 33.1 Å². The second-order valence-electron chi connectivity index (χ2n) is 5.03. The second-order valence-corrected chi connectivity index (χ2v) is 6.98. The highest BCUT2D eigenvalue weighted by Crippen LogP contribution is 2.32. The van der Waals surface area contributed by atoms with E-state index in [1.165, 1.54) is 12.1 Å². The normalized spacial score (nSPS) is 15.0. The van der Waals surface area contributed by atoms with Crippen molar-refractivity contribution in [1.29, 1.82) is 0 Å². The Morgan fingerprint density at radius 2 is 1.81 bits per heavy atom. The molecule has 0 aliphatic carbocycles. The largest absolute Gasteiger partial charge is 0.486 e. The highest BCUT2D eigenvalue weighted by molar-refractivity contribution is 7.89. The van der Waals surface area contributed by atoms with Crippen LogP contribution in [-0.2, 0) is 10.0 Å². The van der Waals surface area contributed by atoms with Crippen molar-refractivity contribution in [3.63, 3.8) is 0 Å². The van der Waals surface area contributed by atoms with Crippen molar-refractivity contribution in [1.82, 2.24) is 4.72 Å². The molecule has 5 nitrogen and oxygen atoms in total. The summed E-state index contributed by atoms with van der Waals surface area (Å²) in [6, 6.07) is 4.62. The number of fused-ring (bicyclic) bond motifs is 1. The monoisotopic (exact) mass is 333 g/mol. The maximum atomic E-state index is 12.5. The molecule has 1 aromatic rings. The third kappa shape index (κ3) is 3.44. The Morgan fingerprint density at radius 1 is 1.19 bits per heavy atom. The fourth-order valence-electron chi connectivity index (χ4n) is 2.15. The van der Waals surface area contributed by atoms with Crippen molar-refractivity contribution in [2.75, 3.05) is 19.1 Å². The van der Waals surface area contributed by atoms with E-state index in [1.807, 2.05) is 13.8 Å². The van der Waals surface area contributed by atoms with Crippen molar-refractivity contribution in [3.8, 4) is 11.5 Å².